The summed E-state index contributed by atoms with van der Waals surface area (Å²) < 4.78 is 0. The number of hydrogen-bond donors (Lipinski definition) is 1. The van der Waals surface area contributed by atoms with Crippen LogP contribution >= 0.6 is 0 Å². The molecule has 112 valence electrons. The third-order valence-electron chi connectivity index (χ3n) is 2.18. The van der Waals surface area contributed by atoms with E-state index in [1.54, 1.807) is 12.4 Å². The molecule has 0 aromatic carbocycles. The number of aldehydes is 1. The van der Waals surface area contributed by atoms with Gasteiger partial charge in [0.05, 0.1) is 5.69 Å². The summed E-state index contributed by atoms with van der Waals surface area (Å²) in [6.45, 7) is 0.529. The number of carbonyl (C=O) groups excluding carboxylic acids is 3. The number of rotatable bonds is 4. The van der Waals surface area contributed by atoms with Gasteiger partial charge in [0.2, 0.25) is 0 Å². The number of aryl methyl sites for hydroxylation is 1. The van der Waals surface area contributed by atoms with Crippen LogP contribution in [0.1, 0.15) is 19.2 Å². The molecule has 0 aliphatic heterocycles. The van der Waals surface area contributed by atoms with Gasteiger partial charge in [-0.3, -0.25) is 9.97 Å². The van der Waals surface area contributed by atoms with E-state index in [0.29, 0.717) is 13.0 Å². The van der Waals surface area contributed by atoms with Crippen molar-refractivity contribution in [1.82, 2.24) is 9.97 Å². The second-order valence-corrected chi connectivity index (χ2v) is 3.63. The number of aromatic nitrogens is 2. The summed E-state index contributed by atoms with van der Waals surface area (Å²) in [5.74, 6) is 0. The van der Waals surface area contributed by atoms with Crippen LogP contribution in [-0.2, 0) is 27.3 Å². The maximum absolute atomic E-state index is 9.95. The van der Waals surface area contributed by atoms with Gasteiger partial charge in [0, 0.05) is 32.5 Å². The molecule has 2 aromatic rings. The Balaban J connectivity index is 0. The zero-order chi connectivity index (χ0) is 15.8. The lowest BCUT2D eigenvalue weighted by molar-refractivity contribution is -0.191. The fraction of sp³-hybridized carbons (Fsp3) is 0.200. The Morgan fingerprint density at radius 2 is 1.57 bits per heavy atom. The van der Waals surface area contributed by atoms with Crippen LogP contribution in [-0.4, -0.2) is 22.4 Å². The summed E-state index contributed by atoms with van der Waals surface area (Å²) in [6, 6.07) is 11.4. The van der Waals surface area contributed by atoms with Crippen LogP contribution in [0.2, 0.25) is 0 Å². The molecule has 0 amide bonds. The standard InChI is InChI=1S/C8H9NO.C6H8N2.CO2.H2/c10-7-3-5-8-4-1-2-6-9-8;7-5-6-3-1-2-4-8-6;2-1-3;/h1-2,4,6-7H,3,5H2;1-4H,5,7H2;;1H. The Bertz CT molecular complexity index is 518. The normalized spacial score (nSPS) is 8.24. The maximum Gasteiger partial charge on any atom is 0.373 e. The maximum atomic E-state index is 9.95. The molecule has 0 saturated heterocycles. The minimum atomic E-state index is 0. The first-order chi connectivity index (χ1) is 10.3. The Morgan fingerprint density at radius 3 is 1.90 bits per heavy atom. The smallest absolute Gasteiger partial charge is 0.325 e. The SMILES string of the molecule is NCc1ccccn1.O=C=O.O=CCCc1ccccn1.[HH]. The summed E-state index contributed by atoms with van der Waals surface area (Å²) in [7, 11) is 0. The molecule has 6 heteroatoms. The molecule has 6 nitrogen and oxygen atoms in total. The molecule has 0 radical (unpaired) electrons. The zero-order valence-electron chi connectivity index (χ0n) is 11.5. The third kappa shape index (κ3) is 10.9. The zero-order valence-corrected chi connectivity index (χ0v) is 11.5. The largest absolute Gasteiger partial charge is 0.373 e. The number of nitrogens with zero attached hydrogens (tertiary/aromatic N) is 2. The minimum absolute atomic E-state index is 0. The number of nitrogens with two attached hydrogens (primary N) is 1. The van der Waals surface area contributed by atoms with Crippen molar-refractivity contribution in [1.29, 1.82) is 0 Å². The summed E-state index contributed by atoms with van der Waals surface area (Å²) >= 11 is 0. The van der Waals surface area contributed by atoms with Gasteiger partial charge in [-0.15, -0.1) is 0 Å². The van der Waals surface area contributed by atoms with Crippen molar-refractivity contribution in [2.24, 2.45) is 5.73 Å². The molecule has 21 heavy (non-hydrogen) atoms. The average Bonchev–Trinajstić information content (AvgIpc) is 2.56. The van der Waals surface area contributed by atoms with Gasteiger partial charge in [-0.05, 0) is 30.7 Å². The molecule has 2 aromatic heterocycles. The van der Waals surface area contributed by atoms with Gasteiger partial charge < -0.3 is 10.5 Å². The summed E-state index contributed by atoms with van der Waals surface area (Å²) in [6.07, 6.45) is 5.96. The lowest BCUT2D eigenvalue weighted by Gasteiger charge is -1.92. The number of pyridine rings is 2. The molecule has 2 heterocycles. The second kappa shape index (κ2) is 13.7. The van der Waals surface area contributed by atoms with Gasteiger partial charge in [0.15, 0.2) is 0 Å². The summed E-state index contributed by atoms with van der Waals surface area (Å²) in [5.41, 5.74) is 7.21. The van der Waals surface area contributed by atoms with Crippen LogP contribution in [0.4, 0.5) is 0 Å². The highest BCUT2D eigenvalue weighted by Gasteiger charge is 1.89. The van der Waals surface area contributed by atoms with Crippen LogP contribution in [0, 0.1) is 0 Å². The molecule has 0 saturated carbocycles. The Kier molecular flexibility index (Phi) is 12.0. The molecular weight excluding hydrogens is 270 g/mol. The Morgan fingerprint density at radius 1 is 1.05 bits per heavy atom. The minimum Gasteiger partial charge on any atom is -0.325 e. The summed E-state index contributed by atoms with van der Waals surface area (Å²) in [5, 5.41) is 0. The average molecular weight is 289 g/mol. The van der Waals surface area contributed by atoms with E-state index in [-0.39, 0.29) is 7.58 Å². The first-order valence-corrected chi connectivity index (χ1v) is 6.21. The molecule has 0 spiro atoms. The van der Waals surface area contributed by atoms with Gasteiger partial charge in [-0.2, -0.15) is 9.59 Å². The topological polar surface area (TPSA) is 103 Å². The molecule has 2 rings (SSSR count). The van der Waals surface area contributed by atoms with Gasteiger partial charge in [-0.25, -0.2) is 0 Å². The van der Waals surface area contributed by atoms with E-state index < -0.39 is 0 Å². The van der Waals surface area contributed by atoms with Gasteiger partial charge in [0.1, 0.15) is 6.29 Å². The van der Waals surface area contributed by atoms with E-state index in [1.165, 1.54) is 0 Å². The predicted molar refractivity (Wildman–Crippen MR) is 77.9 cm³/mol. The summed E-state index contributed by atoms with van der Waals surface area (Å²) in [4.78, 5) is 34.2. The van der Waals surface area contributed by atoms with E-state index in [9.17, 15) is 4.79 Å². The van der Waals surface area contributed by atoms with Crippen LogP contribution in [0.25, 0.3) is 0 Å². The third-order valence-corrected chi connectivity index (χ3v) is 2.18. The molecule has 0 fully saturated rings. The van der Waals surface area contributed by atoms with Crippen molar-refractivity contribution in [2.75, 3.05) is 0 Å². The van der Waals surface area contributed by atoms with E-state index in [2.05, 4.69) is 9.97 Å². The van der Waals surface area contributed by atoms with Crippen LogP contribution < -0.4 is 5.73 Å². The van der Waals surface area contributed by atoms with Crippen molar-refractivity contribution in [3.8, 4) is 0 Å². The van der Waals surface area contributed by atoms with Crippen LogP contribution in [0.5, 0.6) is 0 Å². The Labute approximate surface area is 124 Å². The molecule has 0 bridgehead atoms. The molecule has 0 unspecified atom stereocenters. The predicted octanol–water partition coefficient (Wildman–Crippen LogP) is 1.42. The van der Waals surface area contributed by atoms with Gasteiger partial charge in [-0.1, -0.05) is 12.1 Å². The fourth-order valence-corrected chi connectivity index (χ4v) is 1.27. The van der Waals surface area contributed by atoms with Crippen molar-refractivity contribution < 1.29 is 15.8 Å². The molecular formula is C15H19N3O3. The molecule has 0 atom stereocenters. The van der Waals surface area contributed by atoms with E-state index >= 15 is 0 Å². The number of carbonyl (C=O) groups is 1. The van der Waals surface area contributed by atoms with E-state index in [0.717, 1.165) is 24.1 Å². The quantitative estimate of drug-likeness (QED) is 0.854. The highest BCUT2D eigenvalue weighted by molar-refractivity contribution is 5.49. The van der Waals surface area contributed by atoms with E-state index in [4.69, 9.17) is 15.3 Å². The molecule has 2 N–H and O–H groups in total. The first kappa shape index (κ1) is 18.3. The van der Waals surface area contributed by atoms with Crippen molar-refractivity contribution in [2.45, 2.75) is 19.4 Å². The number of hydrogen-bond acceptors (Lipinski definition) is 6. The molecule has 0 aliphatic carbocycles. The highest BCUT2D eigenvalue weighted by Crippen LogP contribution is 1.95. The lowest BCUT2D eigenvalue weighted by atomic mass is 10.2. The van der Waals surface area contributed by atoms with Crippen molar-refractivity contribution in [3.63, 3.8) is 0 Å². The first-order valence-electron chi connectivity index (χ1n) is 6.21. The fourth-order valence-electron chi connectivity index (χ4n) is 1.27. The van der Waals surface area contributed by atoms with Gasteiger partial charge in [0.25, 0.3) is 0 Å². The monoisotopic (exact) mass is 289 g/mol. The van der Waals surface area contributed by atoms with Crippen molar-refractivity contribution in [3.05, 3.63) is 60.2 Å². The molecule has 0 aliphatic rings. The van der Waals surface area contributed by atoms with Crippen molar-refractivity contribution >= 4 is 12.4 Å². The highest BCUT2D eigenvalue weighted by atomic mass is 16.2. The van der Waals surface area contributed by atoms with Crippen LogP contribution in [0.3, 0.4) is 0 Å². The second-order valence-electron chi connectivity index (χ2n) is 3.63. The van der Waals surface area contributed by atoms with Gasteiger partial charge >= 0.3 is 6.15 Å². The van der Waals surface area contributed by atoms with Crippen LogP contribution in [0.15, 0.2) is 48.8 Å². The Hall–Kier alpha value is -2.69. The lowest BCUT2D eigenvalue weighted by Crippen LogP contribution is -1.97. The van der Waals surface area contributed by atoms with E-state index in [1.807, 2.05) is 36.4 Å².